The van der Waals surface area contributed by atoms with Gasteiger partial charge in [-0.15, -0.1) is 0 Å². The zero-order valence-electron chi connectivity index (χ0n) is 36.0. The molecule has 0 spiro atoms. The van der Waals surface area contributed by atoms with Crippen LogP contribution < -0.4 is 23.7 Å². The van der Waals surface area contributed by atoms with Crippen molar-refractivity contribution in [3.05, 3.63) is 187 Å². The Labute approximate surface area is 371 Å². The topological polar surface area (TPSA) is 155 Å². The van der Waals surface area contributed by atoms with Gasteiger partial charge in [0.25, 0.3) is 0 Å². The minimum absolute atomic E-state index is 0.00297. The van der Waals surface area contributed by atoms with Crippen LogP contribution in [0, 0.1) is 11.3 Å². The third kappa shape index (κ3) is 10.5. The van der Waals surface area contributed by atoms with E-state index in [1.807, 2.05) is 0 Å². The molecule has 0 aliphatic heterocycles. The Bertz CT molecular complexity index is 2830. The maximum atomic E-state index is 13.6. The van der Waals surface area contributed by atoms with E-state index < -0.39 is 29.8 Å². The van der Waals surface area contributed by atoms with Gasteiger partial charge in [-0.05, 0) is 76.6 Å². The molecule has 11 nitrogen and oxygen atoms in total. The van der Waals surface area contributed by atoms with Crippen LogP contribution in [-0.4, -0.2) is 29.8 Å². The molecule has 0 aliphatic carbocycles. The van der Waals surface area contributed by atoms with E-state index in [2.05, 4.69) is 39.0 Å². The van der Waals surface area contributed by atoms with E-state index in [9.17, 15) is 29.2 Å². The second-order valence-corrected chi connectivity index (χ2v) is 14.6. The summed E-state index contributed by atoms with van der Waals surface area (Å²) >= 11 is 0. The lowest BCUT2D eigenvalue weighted by molar-refractivity contribution is -0.131. The minimum atomic E-state index is -0.858. The fourth-order valence-corrected chi connectivity index (χ4v) is 6.07. The summed E-state index contributed by atoms with van der Waals surface area (Å²) in [4.78, 5) is 66.3. The van der Waals surface area contributed by atoms with Crippen molar-refractivity contribution >= 4 is 41.0 Å². The van der Waals surface area contributed by atoms with Crippen LogP contribution in [0.5, 0.6) is 28.7 Å². The summed E-state index contributed by atoms with van der Waals surface area (Å²) in [6.45, 7) is 26.0. The van der Waals surface area contributed by atoms with E-state index in [-0.39, 0.29) is 95.6 Å². The van der Waals surface area contributed by atoms with Crippen molar-refractivity contribution in [2.24, 2.45) is 0 Å². The van der Waals surface area contributed by atoms with Crippen LogP contribution >= 0.6 is 0 Å². The molecule has 0 aromatic heterocycles. The van der Waals surface area contributed by atoms with Crippen LogP contribution in [-0.2, 0) is 24.0 Å². The second-order valence-electron chi connectivity index (χ2n) is 14.6. The normalized spacial score (nSPS) is 10.2. The first-order valence-electron chi connectivity index (χ1n) is 19.5. The van der Waals surface area contributed by atoms with Crippen LogP contribution in [0.2, 0.25) is 0 Å². The molecule has 5 aromatic carbocycles. The lowest BCUT2D eigenvalue weighted by Crippen LogP contribution is -2.13. The minimum Gasteiger partial charge on any atom is -0.423 e. The first kappa shape index (κ1) is 46.4. The lowest BCUT2D eigenvalue weighted by atomic mass is 9.82. The summed E-state index contributed by atoms with van der Waals surface area (Å²) in [5.74, 6) is -4.04. The molecule has 0 fully saturated rings. The van der Waals surface area contributed by atoms with Crippen LogP contribution in [0.1, 0.15) is 51.3 Å². The summed E-state index contributed by atoms with van der Waals surface area (Å²) < 4.78 is 29.6. The van der Waals surface area contributed by atoms with Gasteiger partial charge in [0.1, 0.15) is 34.8 Å². The zero-order valence-corrected chi connectivity index (χ0v) is 36.0. The predicted octanol–water partition coefficient (Wildman–Crippen LogP) is 10.9. The van der Waals surface area contributed by atoms with Gasteiger partial charge in [-0.3, -0.25) is 0 Å². The molecule has 0 bridgehead atoms. The fraction of sp³-hybridized carbons (Fsp3) is 0.0943. The van der Waals surface area contributed by atoms with Gasteiger partial charge >= 0.3 is 29.8 Å². The molecule has 5 aromatic rings. The number of hydrogen-bond donors (Lipinski definition) is 0. The Balaban J connectivity index is 2.13. The SMILES string of the molecule is C=C(C)C(=O)Oc1ccccc1C(=C(C#N)c1c(OC(=O)C(=C)C)ccc(-c2ccccc2OC(=O)C(=C)C)c1-c1ccccc1OC(=O)C(=C)C)c1ccccc1OC(=O)C(=C)C. The molecule has 5 rings (SSSR count). The molecule has 0 saturated carbocycles. The van der Waals surface area contributed by atoms with Gasteiger partial charge in [0.05, 0.1) is 5.57 Å². The van der Waals surface area contributed by atoms with Crippen molar-refractivity contribution in [3.63, 3.8) is 0 Å². The van der Waals surface area contributed by atoms with Crippen molar-refractivity contribution in [1.82, 2.24) is 0 Å². The quantitative estimate of drug-likeness (QED) is 0.0325. The van der Waals surface area contributed by atoms with Crippen molar-refractivity contribution in [2.45, 2.75) is 34.6 Å². The number of rotatable bonds is 15. The van der Waals surface area contributed by atoms with Gasteiger partial charge in [-0.25, -0.2) is 24.0 Å². The average molecular weight is 854 g/mol. The van der Waals surface area contributed by atoms with E-state index in [0.29, 0.717) is 11.1 Å². The number of esters is 5. The number of nitrogens with zero attached hydrogens (tertiary/aromatic N) is 1. The van der Waals surface area contributed by atoms with Gasteiger partial charge in [-0.2, -0.15) is 5.26 Å². The summed E-state index contributed by atoms with van der Waals surface area (Å²) in [6, 6.07) is 31.1. The molecule has 0 N–H and O–H groups in total. The third-order valence-corrected chi connectivity index (χ3v) is 9.18. The van der Waals surface area contributed by atoms with Crippen molar-refractivity contribution < 1.29 is 47.7 Å². The number of ether oxygens (including phenoxy) is 5. The Morgan fingerprint density at radius 2 is 0.734 bits per heavy atom. The fourth-order valence-electron chi connectivity index (χ4n) is 6.07. The van der Waals surface area contributed by atoms with Crippen LogP contribution in [0.3, 0.4) is 0 Å². The van der Waals surface area contributed by atoms with Crippen molar-refractivity contribution in [1.29, 1.82) is 5.26 Å². The number of allylic oxidation sites excluding steroid dienone is 1. The zero-order chi connectivity index (χ0) is 46.8. The van der Waals surface area contributed by atoms with E-state index in [1.54, 1.807) is 84.9 Å². The van der Waals surface area contributed by atoms with Crippen LogP contribution in [0.25, 0.3) is 33.4 Å². The number of benzene rings is 5. The van der Waals surface area contributed by atoms with Gasteiger partial charge in [-0.1, -0.05) is 106 Å². The second kappa shape index (κ2) is 20.3. The molecular formula is C53H43NO10. The number of para-hydroxylation sites is 4. The molecule has 0 saturated heterocycles. The Morgan fingerprint density at radius 1 is 0.406 bits per heavy atom. The van der Waals surface area contributed by atoms with Gasteiger partial charge < -0.3 is 23.7 Å². The molecule has 320 valence electrons. The van der Waals surface area contributed by atoms with E-state index in [0.717, 1.165) is 0 Å². The first-order chi connectivity index (χ1) is 30.4. The molecule has 0 unspecified atom stereocenters. The molecule has 0 radical (unpaired) electrons. The largest absolute Gasteiger partial charge is 0.423 e. The first-order valence-corrected chi connectivity index (χ1v) is 19.5. The Morgan fingerprint density at radius 3 is 1.14 bits per heavy atom. The average Bonchev–Trinajstić information content (AvgIpc) is 3.26. The van der Waals surface area contributed by atoms with Crippen LogP contribution in [0.15, 0.2) is 170 Å². The van der Waals surface area contributed by atoms with E-state index in [4.69, 9.17) is 23.7 Å². The molecule has 11 heteroatoms. The van der Waals surface area contributed by atoms with E-state index in [1.165, 1.54) is 58.9 Å². The molecule has 64 heavy (non-hydrogen) atoms. The number of carbonyl (C=O) groups excluding carboxylic acids is 5. The van der Waals surface area contributed by atoms with Gasteiger partial charge in [0.2, 0.25) is 0 Å². The maximum absolute atomic E-state index is 13.6. The standard InChI is InChI=1S/C53H43NO10/c1-30(2)49(55)60-41-23-15-11-19-35(41)36-27-28-45(64-53(59)34(9)10)48(47(36)39-22-14-18-26-44(39)63-52(58)33(7)8)40(29-54)46(37-20-12-16-24-42(37)61-50(56)31(3)4)38-21-13-17-25-43(38)62-51(57)32(5)6/h11-28H,1,3,5,7,9H2,2,4,6,8,10H3. The molecule has 0 aliphatic rings. The Kier molecular flexibility index (Phi) is 14.7. The maximum Gasteiger partial charge on any atom is 0.338 e. The monoisotopic (exact) mass is 853 g/mol. The summed E-state index contributed by atoms with van der Waals surface area (Å²) in [7, 11) is 0. The number of nitriles is 1. The Hall–Kier alpha value is -8.62. The summed E-state index contributed by atoms with van der Waals surface area (Å²) in [5.41, 5.74) is 1.36. The molecule has 0 amide bonds. The predicted molar refractivity (Wildman–Crippen MR) is 244 cm³/mol. The molecule has 0 atom stereocenters. The summed E-state index contributed by atoms with van der Waals surface area (Å²) in [6.07, 6.45) is 0. The third-order valence-electron chi connectivity index (χ3n) is 9.18. The van der Waals surface area contributed by atoms with Crippen molar-refractivity contribution in [2.75, 3.05) is 0 Å². The van der Waals surface area contributed by atoms with Crippen LogP contribution in [0.4, 0.5) is 0 Å². The van der Waals surface area contributed by atoms with Gasteiger partial charge in [0.15, 0.2) is 0 Å². The molecular weight excluding hydrogens is 811 g/mol. The lowest BCUT2D eigenvalue weighted by Gasteiger charge is -2.24. The van der Waals surface area contributed by atoms with Gasteiger partial charge in [0, 0.05) is 66.8 Å². The smallest absolute Gasteiger partial charge is 0.338 e. The van der Waals surface area contributed by atoms with Crippen molar-refractivity contribution in [3.8, 4) is 57.1 Å². The highest BCUT2D eigenvalue weighted by atomic mass is 16.6. The number of carbonyl (C=O) groups is 5. The number of hydrogen-bond acceptors (Lipinski definition) is 11. The highest BCUT2D eigenvalue weighted by molar-refractivity contribution is 6.12. The molecule has 0 heterocycles. The summed E-state index contributed by atoms with van der Waals surface area (Å²) in [5, 5.41) is 11.7. The van der Waals surface area contributed by atoms with E-state index >= 15 is 0 Å². The highest BCUT2D eigenvalue weighted by Crippen LogP contribution is 2.51. The highest BCUT2D eigenvalue weighted by Gasteiger charge is 2.31.